The highest BCUT2D eigenvalue weighted by molar-refractivity contribution is 6.16. The van der Waals surface area contributed by atoms with Gasteiger partial charge in [0.15, 0.2) is 0 Å². The minimum Gasteiger partial charge on any atom is -0.383 e. The Morgan fingerprint density at radius 2 is 1.82 bits per heavy atom. The number of halogens is 3. The Kier molecular flexibility index (Phi) is 6.96. The smallest absolute Gasteiger partial charge is 0.383 e. The zero-order valence-electron chi connectivity index (χ0n) is 21.1. The summed E-state index contributed by atoms with van der Waals surface area (Å²) in [7, 11) is 0. The molecule has 1 aliphatic carbocycles. The molecule has 0 spiro atoms. The maximum absolute atomic E-state index is 13.0. The summed E-state index contributed by atoms with van der Waals surface area (Å²) in [5, 5.41) is 14.5. The molecule has 2 aliphatic rings. The number of hydrogen-bond acceptors (Lipinski definition) is 8. The van der Waals surface area contributed by atoms with Crippen LogP contribution in [0.3, 0.4) is 0 Å². The molecule has 1 aromatic carbocycles. The lowest BCUT2D eigenvalue weighted by molar-refractivity contribution is -0.137. The number of nitrogens with one attached hydrogen (secondary N) is 3. The average molecular weight is 551 g/mol. The van der Waals surface area contributed by atoms with Gasteiger partial charge in [-0.1, -0.05) is 18.7 Å². The van der Waals surface area contributed by atoms with E-state index in [0.29, 0.717) is 23.8 Å². The number of rotatable bonds is 7. The molecule has 2 fully saturated rings. The topological polar surface area (TPSA) is 150 Å². The summed E-state index contributed by atoms with van der Waals surface area (Å²) in [4.78, 5) is 38.8. The summed E-state index contributed by atoms with van der Waals surface area (Å²) in [6, 6.07) is 7.37. The summed E-state index contributed by atoms with van der Waals surface area (Å²) in [5.41, 5.74) is 6.07. The van der Waals surface area contributed by atoms with Crippen LogP contribution in [0.4, 0.5) is 30.6 Å². The first-order valence-corrected chi connectivity index (χ1v) is 12.4. The van der Waals surface area contributed by atoms with E-state index in [2.05, 4.69) is 32.2 Å². The minimum atomic E-state index is -4.57. The van der Waals surface area contributed by atoms with Crippen LogP contribution in [0.15, 0.2) is 61.6 Å². The summed E-state index contributed by atoms with van der Waals surface area (Å²) in [6.45, 7) is 4.27. The lowest BCUT2D eigenvalue weighted by atomic mass is 10.0. The molecular weight excluding hydrogens is 525 g/mol. The van der Waals surface area contributed by atoms with E-state index >= 15 is 0 Å². The number of nitrogens with zero attached hydrogens (tertiary/aromatic N) is 4. The number of aromatic nitrogens is 3. The Labute approximate surface area is 227 Å². The van der Waals surface area contributed by atoms with E-state index in [1.165, 1.54) is 36.7 Å². The molecule has 13 heteroatoms. The molecule has 2 aromatic heterocycles. The third-order valence-corrected chi connectivity index (χ3v) is 7.15. The number of likely N-dealkylation sites (tertiary alicyclic amines) is 1. The maximum atomic E-state index is 13.0. The van der Waals surface area contributed by atoms with Crippen LogP contribution in [0.1, 0.15) is 39.9 Å². The molecule has 1 saturated heterocycles. The molecule has 2 bridgehead atoms. The number of carbonyl (C=O) groups is 2. The van der Waals surface area contributed by atoms with Crippen molar-refractivity contribution in [1.29, 1.82) is 5.41 Å². The van der Waals surface area contributed by atoms with Crippen molar-refractivity contribution in [3.63, 3.8) is 0 Å². The number of alkyl halides is 3. The number of carbonyl (C=O) groups excluding carboxylic acids is 2. The maximum Gasteiger partial charge on any atom is 0.416 e. The van der Waals surface area contributed by atoms with Crippen LogP contribution in [0.25, 0.3) is 0 Å². The number of nitrogen functional groups attached to an aromatic ring is 1. The second kappa shape index (κ2) is 10.4. The van der Waals surface area contributed by atoms with E-state index in [0.717, 1.165) is 31.2 Å². The van der Waals surface area contributed by atoms with Crippen LogP contribution in [-0.2, 0) is 11.0 Å². The van der Waals surface area contributed by atoms with Gasteiger partial charge < -0.3 is 21.3 Å². The molecular formula is C27H25F3N8O2. The van der Waals surface area contributed by atoms with Gasteiger partial charge in [0.05, 0.1) is 22.9 Å². The molecule has 3 heterocycles. The van der Waals surface area contributed by atoms with Crippen LogP contribution in [0.5, 0.6) is 0 Å². The van der Waals surface area contributed by atoms with Crippen LogP contribution < -0.4 is 16.4 Å². The summed E-state index contributed by atoms with van der Waals surface area (Å²) in [5.74, 6) is -0.221. The molecule has 5 N–H and O–H groups in total. The summed E-state index contributed by atoms with van der Waals surface area (Å²) < 4.78 is 38.9. The zero-order valence-corrected chi connectivity index (χ0v) is 21.1. The number of nitrogens with two attached hydrogens (primary N) is 1. The number of amides is 2. The van der Waals surface area contributed by atoms with Crippen molar-refractivity contribution in [3.05, 3.63) is 83.8 Å². The van der Waals surface area contributed by atoms with Gasteiger partial charge in [-0.05, 0) is 49.1 Å². The van der Waals surface area contributed by atoms with Crippen molar-refractivity contribution in [2.24, 2.45) is 5.92 Å². The molecule has 206 valence electrons. The van der Waals surface area contributed by atoms with Crippen molar-refractivity contribution in [1.82, 2.24) is 19.9 Å². The predicted molar refractivity (Wildman–Crippen MR) is 142 cm³/mol. The van der Waals surface area contributed by atoms with E-state index in [-0.39, 0.29) is 46.5 Å². The van der Waals surface area contributed by atoms with Crippen LogP contribution in [0.2, 0.25) is 0 Å². The fourth-order valence-electron chi connectivity index (χ4n) is 5.28. The second-order valence-electron chi connectivity index (χ2n) is 9.67. The van der Waals surface area contributed by atoms with Gasteiger partial charge in [0, 0.05) is 29.9 Å². The Morgan fingerprint density at radius 3 is 2.50 bits per heavy atom. The number of anilines is 3. The number of hydrogen-bond donors (Lipinski definition) is 4. The predicted octanol–water partition coefficient (Wildman–Crippen LogP) is 3.73. The van der Waals surface area contributed by atoms with Gasteiger partial charge >= 0.3 is 6.18 Å². The minimum absolute atomic E-state index is 0.00860. The van der Waals surface area contributed by atoms with Crippen molar-refractivity contribution in [2.45, 2.75) is 31.1 Å². The van der Waals surface area contributed by atoms with Gasteiger partial charge in [0.2, 0.25) is 5.91 Å². The van der Waals surface area contributed by atoms with Crippen LogP contribution in [0, 0.1) is 11.3 Å². The molecule has 10 nitrogen and oxygen atoms in total. The van der Waals surface area contributed by atoms with Gasteiger partial charge in [0.1, 0.15) is 23.8 Å². The van der Waals surface area contributed by atoms with Gasteiger partial charge in [-0.15, -0.1) is 0 Å². The molecule has 0 radical (unpaired) electrons. The monoisotopic (exact) mass is 550 g/mol. The highest BCUT2D eigenvalue weighted by Gasteiger charge is 2.46. The largest absolute Gasteiger partial charge is 0.416 e. The second-order valence-corrected chi connectivity index (χ2v) is 9.67. The fraction of sp³-hybridized carbons (Fsp3) is 0.259. The highest BCUT2D eigenvalue weighted by atomic mass is 19.4. The van der Waals surface area contributed by atoms with Gasteiger partial charge in [0.25, 0.3) is 5.91 Å². The van der Waals surface area contributed by atoms with E-state index in [9.17, 15) is 22.8 Å². The van der Waals surface area contributed by atoms with Gasteiger partial charge in [-0.2, -0.15) is 13.2 Å². The van der Waals surface area contributed by atoms with Crippen molar-refractivity contribution in [2.75, 3.05) is 22.9 Å². The van der Waals surface area contributed by atoms with E-state index in [1.54, 1.807) is 4.90 Å². The number of piperidine rings is 1. The molecule has 5 rings (SSSR count). The Balaban J connectivity index is 1.32. The van der Waals surface area contributed by atoms with Gasteiger partial charge in [-0.25, -0.2) is 15.0 Å². The van der Waals surface area contributed by atoms with Crippen LogP contribution in [-0.4, -0.2) is 56.0 Å². The first-order chi connectivity index (χ1) is 19.0. The number of fused-ring (bicyclic) bond motifs is 2. The van der Waals surface area contributed by atoms with Gasteiger partial charge in [-0.3, -0.25) is 15.0 Å². The molecule has 3 atom stereocenters. The Hall–Kier alpha value is -4.81. The first kappa shape index (κ1) is 26.8. The number of benzene rings is 1. The van der Waals surface area contributed by atoms with E-state index in [4.69, 9.17) is 11.1 Å². The van der Waals surface area contributed by atoms with Crippen molar-refractivity contribution in [3.8, 4) is 0 Å². The molecule has 2 amide bonds. The fourth-order valence-corrected chi connectivity index (χ4v) is 5.28. The normalized spacial score (nSPS) is 19.8. The molecule has 3 unspecified atom stereocenters. The standard InChI is InChI=1S/C27H25F3N8O2/c1-2-21(39)38-12-14-9-18(19(38)10-14)36-25-22(24(32)34-13-35-25)23(31)15-3-5-16(6-4-15)26(40)37-20-11-17(7-8-33-20)27(28,29)30/h2-8,11,13-14,18-19,31H,1,9-10,12H2,(H,33,37,40)(H3,32,34,35,36). The molecule has 1 aliphatic heterocycles. The van der Waals surface area contributed by atoms with Crippen molar-refractivity contribution < 1.29 is 22.8 Å². The summed E-state index contributed by atoms with van der Waals surface area (Å²) in [6.07, 6.45) is 0.704. The van der Waals surface area contributed by atoms with Crippen LogP contribution >= 0.6 is 0 Å². The quantitative estimate of drug-likeness (QED) is 0.259. The molecule has 40 heavy (non-hydrogen) atoms. The van der Waals surface area contributed by atoms with E-state index in [1.807, 2.05) is 0 Å². The average Bonchev–Trinajstić information content (AvgIpc) is 3.53. The first-order valence-electron chi connectivity index (χ1n) is 12.4. The Bertz CT molecular complexity index is 1490. The molecule has 1 saturated carbocycles. The van der Waals surface area contributed by atoms with Crippen molar-refractivity contribution >= 4 is 35.0 Å². The summed E-state index contributed by atoms with van der Waals surface area (Å²) >= 11 is 0. The molecule has 3 aromatic rings. The lowest BCUT2D eigenvalue weighted by Gasteiger charge is -2.33. The third-order valence-electron chi connectivity index (χ3n) is 7.15. The number of pyridine rings is 1. The SMILES string of the molecule is C=CC(=O)N1CC2CC(Nc3ncnc(N)c3C(=N)c3ccc(C(=O)Nc4cc(C(F)(F)F)ccn4)cc3)C1C2. The lowest BCUT2D eigenvalue weighted by Crippen LogP contribution is -2.47. The van der Waals surface area contributed by atoms with E-state index < -0.39 is 17.6 Å². The Morgan fingerprint density at radius 1 is 1.10 bits per heavy atom. The highest BCUT2D eigenvalue weighted by Crippen LogP contribution is 2.40. The zero-order chi connectivity index (χ0) is 28.6. The third kappa shape index (κ3) is 5.22.